The second-order valence-corrected chi connectivity index (χ2v) is 10.2. The van der Waals surface area contributed by atoms with E-state index in [1.54, 1.807) is 33.8 Å². The Morgan fingerprint density at radius 3 is 2.54 bits per heavy atom. The van der Waals surface area contributed by atoms with E-state index in [0.717, 1.165) is 28.8 Å². The van der Waals surface area contributed by atoms with Crippen LogP contribution >= 0.6 is 23.1 Å². The van der Waals surface area contributed by atoms with E-state index in [-0.39, 0.29) is 4.90 Å². The van der Waals surface area contributed by atoms with Crippen molar-refractivity contribution in [2.45, 2.75) is 11.4 Å². The maximum absolute atomic E-state index is 13.1. The molecule has 0 atom stereocenters. The number of para-hydroxylation sites is 1. The normalized spacial score (nSPS) is 16.9. The second kappa shape index (κ2) is 7.12. The average molecular weight is 432 g/mol. The van der Waals surface area contributed by atoms with Crippen LogP contribution in [0.5, 0.6) is 0 Å². The van der Waals surface area contributed by atoms with Gasteiger partial charge in [-0.15, -0.1) is 11.3 Å². The molecule has 5 rings (SSSR count). The third-order valence-electron chi connectivity index (χ3n) is 4.90. The minimum atomic E-state index is -3.58. The molecule has 0 aliphatic carbocycles. The van der Waals surface area contributed by atoms with E-state index in [4.69, 9.17) is 0 Å². The van der Waals surface area contributed by atoms with Gasteiger partial charge in [0.2, 0.25) is 10.0 Å². The zero-order valence-electron chi connectivity index (χ0n) is 14.9. The van der Waals surface area contributed by atoms with E-state index >= 15 is 0 Å². The summed E-state index contributed by atoms with van der Waals surface area (Å²) in [6, 6.07) is 13.2. The Labute approximate surface area is 170 Å². The van der Waals surface area contributed by atoms with Crippen molar-refractivity contribution in [3.05, 3.63) is 47.5 Å². The Morgan fingerprint density at radius 1 is 0.929 bits per heavy atom. The summed E-state index contributed by atoms with van der Waals surface area (Å²) >= 11 is 2.73. The quantitative estimate of drug-likeness (QED) is 0.494. The van der Waals surface area contributed by atoms with Crippen molar-refractivity contribution in [2.75, 3.05) is 26.2 Å². The minimum absolute atomic E-state index is 0.248. The zero-order valence-corrected chi connectivity index (χ0v) is 17.3. The number of sulfonamides is 1. The molecule has 0 N–H and O–H groups in total. The van der Waals surface area contributed by atoms with Gasteiger partial charge in [0, 0.05) is 26.2 Å². The van der Waals surface area contributed by atoms with Gasteiger partial charge in [-0.1, -0.05) is 18.2 Å². The number of nitrogens with zero attached hydrogens (tertiary/aromatic N) is 5. The monoisotopic (exact) mass is 431 g/mol. The van der Waals surface area contributed by atoms with Gasteiger partial charge in [-0.05, 0) is 24.3 Å². The summed E-state index contributed by atoms with van der Waals surface area (Å²) in [5, 5.41) is 1.07. The van der Waals surface area contributed by atoms with Crippen molar-refractivity contribution in [2.24, 2.45) is 0 Å². The van der Waals surface area contributed by atoms with Gasteiger partial charge in [0.15, 0.2) is 0 Å². The maximum atomic E-state index is 13.1. The van der Waals surface area contributed by atoms with Crippen LogP contribution in [0, 0.1) is 0 Å². The predicted octanol–water partition coefficient (Wildman–Crippen LogP) is 2.81. The SMILES string of the molecule is O=S(=O)(c1cccc2nsnc12)N1CCN(Cc2nc3ccccc3s2)CC1. The molecule has 7 nitrogen and oxygen atoms in total. The van der Waals surface area contributed by atoms with E-state index in [9.17, 15) is 8.42 Å². The summed E-state index contributed by atoms with van der Waals surface area (Å²) in [6.45, 7) is 3.03. The maximum Gasteiger partial charge on any atom is 0.245 e. The molecule has 28 heavy (non-hydrogen) atoms. The van der Waals surface area contributed by atoms with Crippen molar-refractivity contribution in [1.82, 2.24) is 22.9 Å². The Balaban J connectivity index is 1.30. The molecular weight excluding hydrogens is 414 g/mol. The molecule has 0 spiro atoms. The second-order valence-electron chi connectivity index (χ2n) is 6.64. The lowest BCUT2D eigenvalue weighted by molar-refractivity contribution is 0.181. The highest BCUT2D eigenvalue weighted by Crippen LogP contribution is 2.26. The van der Waals surface area contributed by atoms with Gasteiger partial charge in [-0.2, -0.15) is 13.1 Å². The first-order valence-electron chi connectivity index (χ1n) is 8.89. The highest BCUT2D eigenvalue weighted by Gasteiger charge is 2.30. The molecule has 0 unspecified atom stereocenters. The number of hydrogen-bond donors (Lipinski definition) is 0. The lowest BCUT2D eigenvalue weighted by Gasteiger charge is -2.33. The lowest BCUT2D eigenvalue weighted by Crippen LogP contribution is -2.48. The van der Waals surface area contributed by atoms with E-state index in [1.165, 1.54) is 4.70 Å². The smallest absolute Gasteiger partial charge is 0.245 e. The number of thiazole rings is 1. The van der Waals surface area contributed by atoms with Crippen LogP contribution in [0.25, 0.3) is 21.3 Å². The Kier molecular flexibility index (Phi) is 4.60. The van der Waals surface area contributed by atoms with Crippen molar-refractivity contribution in [3.8, 4) is 0 Å². The molecular formula is C18H17N5O2S3. The van der Waals surface area contributed by atoms with Crippen molar-refractivity contribution < 1.29 is 8.42 Å². The molecule has 0 saturated carbocycles. The molecule has 1 aliphatic heterocycles. The fourth-order valence-electron chi connectivity index (χ4n) is 3.44. The van der Waals surface area contributed by atoms with Crippen LogP contribution in [0.4, 0.5) is 0 Å². The number of benzene rings is 2. The minimum Gasteiger partial charge on any atom is -0.294 e. The molecule has 0 amide bonds. The van der Waals surface area contributed by atoms with E-state index in [2.05, 4.69) is 24.7 Å². The van der Waals surface area contributed by atoms with Crippen LogP contribution in [0.2, 0.25) is 0 Å². The molecule has 3 heterocycles. The lowest BCUT2D eigenvalue weighted by atomic mass is 10.3. The van der Waals surface area contributed by atoms with E-state index < -0.39 is 10.0 Å². The first kappa shape index (κ1) is 18.1. The van der Waals surface area contributed by atoms with E-state index in [0.29, 0.717) is 37.2 Å². The molecule has 10 heteroatoms. The largest absolute Gasteiger partial charge is 0.294 e. The molecule has 2 aromatic carbocycles. The third-order valence-corrected chi connectivity index (χ3v) is 8.39. The number of hydrogen-bond acceptors (Lipinski definition) is 8. The van der Waals surface area contributed by atoms with Gasteiger partial charge in [-0.25, -0.2) is 13.4 Å². The molecule has 1 fully saturated rings. The number of rotatable bonds is 4. The van der Waals surface area contributed by atoms with Crippen LogP contribution in [0.3, 0.4) is 0 Å². The summed E-state index contributed by atoms with van der Waals surface area (Å²) in [4.78, 5) is 7.19. The van der Waals surface area contributed by atoms with Gasteiger partial charge >= 0.3 is 0 Å². The predicted molar refractivity (Wildman–Crippen MR) is 111 cm³/mol. The van der Waals surface area contributed by atoms with E-state index in [1.807, 2.05) is 18.2 Å². The van der Waals surface area contributed by atoms with Gasteiger partial charge in [0.1, 0.15) is 20.9 Å². The third kappa shape index (κ3) is 3.20. The molecule has 4 aromatic rings. The first-order valence-corrected chi connectivity index (χ1v) is 11.9. The number of piperazine rings is 1. The average Bonchev–Trinajstić information content (AvgIpc) is 3.34. The van der Waals surface area contributed by atoms with Crippen molar-refractivity contribution in [1.29, 1.82) is 0 Å². The van der Waals surface area contributed by atoms with Gasteiger partial charge < -0.3 is 0 Å². The highest BCUT2D eigenvalue weighted by molar-refractivity contribution is 7.89. The number of aromatic nitrogens is 3. The fraction of sp³-hybridized carbons (Fsp3) is 0.278. The Bertz CT molecular complexity index is 1210. The van der Waals surface area contributed by atoms with Crippen molar-refractivity contribution in [3.63, 3.8) is 0 Å². The van der Waals surface area contributed by atoms with Gasteiger partial charge in [-0.3, -0.25) is 4.90 Å². The Morgan fingerprint density at radius 2 is 1.71 bits per heavy atom. The topological polar surface area (TPSA) is 79.3 Å². The molecule has 1 aliphatic rings. The summed E-state index contributed by atoms with van der Waals surface area (Å²) in [5.74, 6) is 0. The molecule has 0 bridgehead atoms. The van der Waals surface area contributed by atoms with Crippen molar-refractivity contribution >= 4 is 54.3 Å². The molecule has 0 radical (unpaired) electrons. The molecule has 144 valence electrons. The summed E-state index contributed by atoms with van der Waals surface area (Å²) in [6.07, 6.45) is 0. The van der Waals surface area contributed by atoms with Crippen LogP contribution in [0.1, 0.15) is 5.01 Å². The van der Waals surface area contributed by atoms with Gasteiger partial charge in [0.25, 0.3) is 0 Å². The molecule has 2 aromatic heterocycles. The Hall–Kier alpha value is -1.98. The molecule has 1 saturated heterocycles. The fourth-order valence-corrected chi connectivity index (χ4v) is 6.62. The first-order chi connectivity index (χ1) is 13.6. The van der Waals surface area contributed by atoms with Crippen LogP contribution in [0.15, 0.2) is 47.4 Å². The zero-order chi connectivity index (χ0) is 19.1. The summed E-state index contributed by atoms with van der Waals surface area (Å²) in [5.41, 5.74) is 2.11. The standard InChI is InChI=1S/C18H17N5O2S3/c24-28(25,16-7-3-5-14-18(16)21-27-20-14)23-10-8-22(9-11-23)12-17-19-13-4-1-2-6-15(13)26-17/h1-7H,8-12H2. The highest BCUT2D eigenvalue weighted by atomic mass is 32.2. The summed E-state index contributed by atoms with van der Waals surface area (Å²) in [7, 11) is -3.58. The van der Waals surface area contributed by atoms with Crippen LogP contribution < -0.4 is 0 Å². The van der Waals surface area contributed by atoms with Crippen LogP contribution in [-0.2, 0) is 16.6 Å². The van der Waals surface area contributed by atoms with Gasteiger partial charge in [0.05, 0.1) is 28.5 Å². The number of fused-ring (bicyclic) bond motifs is 2. The summed E-state index contributed by atoms with van der Waals surface area (Å²) < 4.78 is 37.3. The van der Waals surface area contributed by atoms with Crippen LogP contribution in [-0.4, -0.2) is 57.5 Å².